The van der Waals surface area contributed by atoms with E-state index >= 15 is 0 Å². The largest absolute Gasteiger partial charge is 0.299 e. The Morgan fingerprint density at radius 1 is 1.06 bits per heavy atom. The molecule has 0 saturated heterocycles. The molecule has 4 rings (SSSR count). The summed E-state index contributed by atoms with van der Waals surface area (Å²) in [6.07, 6.45) is 12.0. The smallest absolute Gasteiger partial charge is 0.136 e. The Kier molecular flexibility index (Phi) is 2.45. The van der Waals surface area contributed by atoms with Crippen molar-refractivity contribution in [3.05, 3.63) is 0 Å². The Balaban J connectivity index is 1.66. The first-order valence-electron chi connectivity index (χ1n) is 8.22. The Morgan fingerprint density at radius 2 is 1.94 bits per heavy atom. The molecule has 4 saturated carbocycles. The fourth-order valence-corrected chi connectivity index (χ4v) is 6.42. The SMILES string of the molecule is C[C@H]1CCCC2C1CC[C@]13CC(=O)[C@H](CCC21)C3. The molecule has 3 unspecified atom stereocenters. The van der Waals surface area contributed by atoms with Crippen LogP contribution in [-0.2, 0) is 4.79 Å². The molecule has 0 aromatic rings. The zero-order valence-corrected chi connectivity index (χ0v) is 11.7. The maximum atomic E-state index is 12.1. The van der Waals surface area contributed by atoms with E-state index in [4.69, 9.17) is 0 Å². The number of carbonyl (C=O) groups excluding carboxylic acids is 1. The zero-order valence-electron chi connectivity index (χ0n) is 11.7. The number of carbonyl (C=O) groups is 1. The fourth-order valence-electron chi connectivity index (χ4n) is 6.42. The standard InChI is InChI=1S/C17H26O/c1-11-3-2-4-14-13(11)7-8-17-9-12(16(18)10-17)5-6-15(14)17/h11-15H,2-10H2,1H3/t11-,12+,13?,14?,15?,17-/m0/s1. The van der Waals surface area contributed by atoms with Crippen LogP contribution in [0.5, 0.6) is 0 Å². The van der Waals surface area contributed by atoms with Gasteiger partial charge in [0.2, 0.25) is 0 Å². The summed E-state index contributed by atoms with van der Waals surface area (Å²) in [7, 11) is 0. The molecule has 0 aromatic heterocycles. The molecule has 100 valence electrons. The molecule has 4 fully saturated rings. The second-order valence-corrected chi connectivity index (χ2v) is 7.86. The van der Waals surface area contributed by atoms with Gasteiger partial charge in [0.1, 0.15) is 5.78 Å². The highest BCUT2D eigenvalue weighted by atomic mass is 16.1. The van der Waals surface area contributed by atoms with Crippen molar-refractivity contribution in [2.75, 3.05) is 0 Å². The Labute approximate surface area is 111 Å². The second kappa shape index (κ2) is 3.84. The van der Waals surface area contributed by atoms with E-state index in [0.717, 1.165) is 30.1 Å². The topological polar surface area (TPSA) is 17.1 Å². The third-order valence-electron chi connectivity index (χ3n) is 7.22. The summed E-state index contributed by atoms with van der Waals surface area (Å²) in [5, 5.41) is 0. The quantitative estimate of drug-likeness (QED) is 0.626. The highest BCUT2D eigenvalue weighted by Crippen LogP contribution is 2.64. The number of rotatable bonds is 0. The normalized spacial score (nSPS) is 54.9. The van der Waals surface area contributed by atoms with Crippen LogP contribution in [0.1, 0.15) is 64.7 Å². The van der Waals surface area contributed by atoms with Gasteiger partial charge in [-0.3, -0.25) is 4.79 Å². The summed E-state index contributed by atoms with van der Waals surface area (Å²) in [4.78, 5) is 12.1. The average Bonchev–Trinajstić information content (AvgIpc) is 2.60. The molecular weight excluding hydrogens is 220 g/mol. The fraction of sp³-hybridized carbons (Fsp3) is 0.941. The lowest BCUT2D eigenvalue weighted by Gasteiger charge is -2.55. The third kappa shape index (κ3) is 1.42. The number of ketones is 1. The lowest BCUT2D eigenvalue weighted by molar-refractivity contribution is -0.121. The predicted molar refractivity (Wildman–Crippen MR) is 72.1 cm³/mol. The van der Waals surface area contributed by atoms with Gasteiger partial charge in [-0.2, -0.15) is 0 Å². The molecule has 0 radical (unpaired) electrons. The number of fused-ring (bicyclic) bond motifs is 3. The van der Waals surface area contributed by atoms with Crippen LogP contribution in [0.3, 0.4) is 0 Å². The van der Waals surface area contributed by atoms with Gasteiger partial charge in [-0.25, -0.2) is 0 Å². The van der Waals surface area contributed by atoms with Gasteiger partial charge in [-0.05, 0) is 67.6 Å². The maximum absolute atomic E-state index is 12.1. The molecule has 1 heteroatoms. The van der Waals surface area contributed by atoms with Crippen LogP contribution in [0.15, 0.2) is 0 Å². The molecule has 1 nitrogen and oxygen atoms in total. The second-order valence-electron chi connectivity index (χ2n) is 7.86. The molecule has 4 aliphatic carbocycles. The Hall–Kier alpha value is -0.330. The molecule has 0 aromatic carbocycles. The minimum Gasteiger partial charge on any atom is -0.299 e. The lowest BCUT2D eigenvalue weighted by Crippen LogP contribution is -2.46. The van der Waals surface area contributed by atoms with Gasteiger partial charge < -0.3 is 0 Å². The van der Waals surface area contributed by atoms with Crippen LogP contribution in [-0.4, -0.2) is 5.78 Å². The number of Topliss-reactive ketones (excluding diaryl/α,β-unsaturated/α-hetero) is 1. The van der Waals surface area contributed by atoms with Crippen molar-refractivity contribution in [3.63, 3.8) is 0 Å². The first-order valence-corrected chi connectivity index (χ1v) is 8.22. The minimum atomic E-state index is 0.471. The molecule has 6 atom stereocenters. The molecule has 0 N–H and O–H groups in total. The van der Waals surface area contributed by atoms with Crippen molar-refractivity contribution >= 4 is 5.78 Å². The van der Waals surface area contributed by atoms with Crippen molar-refractivity contribution in [2.24, 2.45) is 35.0 Å². The van der Waals surface area contributed by atoms with Crippen molar-refractivity contribution in [1.29, 1.82) is 0 Å². The van der Waals surface area contributed by atoms with Crippen molar-refractivity contribution in [1.82, 2.24) is 0 Å². The van der Waals surface area contributed by atoms with Crippen LogP contribution < -0.4 is 0 Å². The first-order chi connectivity index (χ1) is 8.70. The van der Waals surface area contributed by atoms with E-state index in [9.17, 15) is 4.79 Å². The van der Waals surface area contributed by atoms with Crippen LogP contribution >= 0.6 is 0 Å². The zero-order chi connectivity index (χ0) is 12.3. The first kappa shape index (κ1) is 11.5. The van der Waals surface area contributed by atoms with E-state index in [1.54, 1.807) is 0 Å². The van der Waals surface area contributed by atoms with Gasteiger partial charge in [0, 0.05) is 12.3 Å². The van der Waals surface area contributed by atoms with Gasteiger partial charge >= 0.3 is 0 Å². The number of hydrogen-bond donors (Lipinski definition) is 0. The predicted octanol–water partition coefficient (Wildman–Crippen LogP) is 4.21. The molecule has 4 aliphatic rings. The molecule has 18 heavy (non-hydrogen) atoms. The van der Waals surface area contributed by atoms with Crippen LogP contribution in [0.4, 0.5) is 0 Å². The molecular formula is C17H26O. The van der Waals surface area contributed by atoms with E-state index in [1.165, 1.54) is 51.4 Å². The monoisotopic (exact) mass is 246 g/mol. The van der Waals surface area contributed by atoms with E-state index < -0.39 is 0 Å². The summed E-state index contributed by atoms with van der Waals surface area (Å²) >= 11 is 0. The number of hydrogen-bond acceptors (Lipinski definition) is 1. The summed E-state index contributed by atoms with van der Waals surface area (Å²) in [5.74, 6) is 4.95. The third-order valence-corrected chi connectivity index (χ3v) is 7.22. The van der Waals surface area contributed by atoms with Crippen molar-refractivity contribution in [2.45, 2.75) is 64.7 Å². The molecule has 0 heterocycles. The molecule has 0 aliphatic heterocycles. The Morgan fingerprint density at radius 3 is 2.83 bits per heavy atom. The van der Waals surface area contributed by atoms with Gasteiger partial charge in [0.25, 0.3) is 0 Å². The maximum Gasteiger partial charge on any atom is 0.136 e. The van der Waals surface area contributed by atoms with E-state index in [2.05, 4.69) is 6.92 Å². The summed E-state index contributed by atoms with van der Waals surface area (Å²) in [5.41, 5.74) is 0.484. The molecule has 0 amide bonds. The van der Waals surface area contributed by atoms with Crippen LogP contribution in [0.2, 0.25) is 0 Å². The van der Waals surface area contributed by atoms with Gasteiger partial charge in [0.05, 0.1) is 0 Å². The van der Waals surface area contributed by atoms with Gasteiger partial charge in [-0.1, -0.05) is 19.8 Å². The van der Waals surface area contributed by atoms with Crippen LogP contribution in [0.25, 0.3) is 0 Å². The summed E-state index contributed by atoms with van der Waals surface area (Å²) in [6.45, 7) is 2.49. The lowest BCUT2D eigenvalue weighted by atomic mass is 9.50. The Bertz CT molecular complexity index is 374. The summed E-state index contributed by atoms with van der Waals surface area (Å²) < 4.78 is 0. The molecule has 1 spiro atoms. The van der Waals surface area contributed by atoms with Gasteiger partial charge in [-0.15, -0.1) is 0 Å². The van der Waals surface area contributed by atoms with E-state index in [1.807, 2.05) is 0 Å². The van der Waals surface area contributed by atoms with Crippen molar-refractivity contribution in [3.8, 4) is 0 Å². The minimum absolute atomic E-state index is 0.471. The summed E-state index contributed by atoms with van der Waals surface area (Å²) in [6, 6.07) is 0. The van der Waals surface area contributed by atoms with Gasteiger partial charge in [0.15, 0.2) is 0 Å². The average molecular weight is 246 g/mol. The van der Waals surface area contributed by atoms with E-state index in [-0.39, 0.29) is 0 Å². The van der Waals surface area contributed by atoms with E-state index in [0.29, 0.717) is 17.1 Å². The van der Waals surface area contributed by atoms with Crippen molar-refractivity contribution < 1.29 is 4.79 Å². The molecule has 2 bridgehead atoms. The highest BCUT2D eigenvalue weighted by Gasteiger charge is 2.58. The van der Waals surface area contributed by atoms with Crippen LogP contribution in [0, 0.1) is 35.0 Å². The highest BCUT2D eigenvalue weighted by molar-refractivity contribution is 5.84.